The zero-order chi connectivity index (χ0) is 21.8. The molecule has 4 aliphatic rings. The zero-order valence-corrected chi connectivity index (χ0v) is 20.0. The summed E-state index contributed by atoms with van der Waals surface area (Å²) < 4.78 is 0. The number of aliphatic hydroxyl groups is 1. The first-order chi connectivity index (χ1) is 14.1. The van der Waals surface area contributed by atoms with Crippen LogP contribution in [0.5, 0.6) is 0 Å². The number of ketones is 2. The Morgan fingerprint density at radius 1 is 1.07 bits per heavy atom. The number of carbonyl (C=O) groups is 2. The van der Waals surface area contributed by atoms with Gasteiger partial charge in [-0.3, -0.25) is 9.59 Å². The molecule has 0 aliphatic heterocycles. The predicted octanol–water partition coefficient (Wildman–Crippen LogP) is 5.83. The molecule has 1 unspecified atom stereocenters. The van der Waals surface area contributed by atoms with Gasteiger partial charge in [0.1, 0.15) is 11.6 Å². The van der Waals surface area contributed by atoms with Gasteiger partial charge in [-0.1, -0.05) is 34.6 Å². The van der Waals surface area contributed by atoms with E-state index >= 15 is 0 Å². The topological polar surface area (TPSA) is 54.4 Å². The number of hydrogen-bond donors (Lipinski definition) is 1. The van der Waals surface area contributed by atoms with Crippen molar-refractivity contribution < 1.29 is 14.7 Å². The quantitative estimate of drug-likeness (QED) is 0.614. The van der Waals surface area contributed by atoms with Crippen LogP contribution in [0.2, 0.25) is 0 Å². The summed E-state index contributed by atoms with van der Waals surface area (Å²) in [6.45, 7) is 11.4. The normalized spacial score (nSPS) is 46.8. The summed E-state index contributed by atoms with van der Waals surface area (Å²) in [4.78, 5) is 24.3. The molecule has 0 spiro atoms. The van der Waals surface area contributed by atoms with Gasteiger partial charge in [0.15, 0.2) is 0 Å². The number of rotatable bonds is 5. The molecule has 0 bridgehead atoms. The molecule has 0 aromatic carbocycles. The van der Waals surface area contributed by atoms with Crippen LogP contribution in [0.15, 0.2) is 0 Å². The molecule has 9 atom stereocenters. The molecule has 0 aromatic heterocycles. The number of carbonyl (C=O) groups excluding carboxylic acids is 2. The Balaban J connectivity index is 1.51. The Labute approximate surface area is 183 Å². The van der Waals surface area contributed by atoms with E-state index in [1.807, 2.05) is 13.8 Å². The van der Waals surface area contributed by atoms with E-state index in [9.17, 15) is 14.7 Å². The molecule has 0 aromatic rings. The fraction of sp³-hybridized carbons (Fsp3) is 0.926. The molecule has 0 saturated heterocycles. The van der Waals surface area contributed by atoms with E-state index in [1.54, 1.807) is 0 Å². The predicted molar refractivity (Wildman–Crippen MR) is 120 cm³/mol. The van der Waals surface area contributed by atoms with Crippen molar-refractivity contribution in [2.45, 2.75) is 105 Å². The number of hydrogen-bond acceptors (Lipinski definition) is 3. The smallest absolute Gasteiger partial charge is 0.135 e. The van der Waals surface area contributed by atoms with E-state index in [0.29, 0.717) is 58.9 Å². The second-order valence-electron chi connectivity index (χ2n) is 12.4. The van der Waals surface area contributed by atoms with Crippen LogP contribution in [0.25, 0.3) is 0 Å². The maximum Gasteiger partial charge on any atom is 0.135 e. The fourth-order valence-corrected chi connectivity index (χ4v) is 8.85. The molecule has 0 amide bonds. The number of fused-ring (bicyclic) bond motifs is 5. The first kappa shape index (κ1) is 22.5. The van der Waals surface area contributed by atoms with Crippen LogP contribution >= 0.6 is 0 Å². The summed E-state index contributed by atoms with van der Waals surface area (Å²) in [5.41, 5.74) is 0.544. The average Bonchev–Trinajstić information content (AvgIpc) is 3.04. The molecular formula is C27H44O3. The minimum absolute atomic E-state index is 0.146. The molecule has 3 nitrogen and oxygen atoms in total. The molecule has 0 radical (unpaired) electrons. The van der Waals surface area contributed by atoms with E-state index < -0.39 is 0 Å². The Morgan fingerprint density at radius 2 is 1.77 bits per heavy atom. The van der Waals surface area contributed by atoms with Crippen molar-refractivity contribution in [2.75, 3.05) is 0 Å². The van der Waals surface area contributed by atoms with Crippen LogP contribution in [0.3, 0.4) is 0 Å². The minimum Gasteiger partial charge on any atom is -0.393 e. The first-order valence-corrected chi connectivity index (χ1v) is 12.8. The summed E-state index contributed by atoms with van der Waals surface area (Å²) in [7, 11) is 0. The van der Waals surface area contributed by atoms with Crippen molar-refractivity contribution in [3.8, 4) is 0 Å². The minimum atomic E-state index is -0.236. The maximum atomic E-state index is 12.2. The lowest BCUT2D eigenvalue weighted by molar-refractivity contribution is -0.168. The molecule has 170 valence electrons. The third-order valence-electron chi connectivity index (χ3n) is 10.7. The van der Waals surface area contributed by atoms with Crippen molar-refractivity contribution in [3.63, 3.8) is 0 Å². The summed E-state index contributed by atoms with van der Waals surface area (Å²) in [5.74, 6) is 4.19. The Bertz CT molecular complexity index is 684. The van der Waals surface area contributed by atoms with Gasteiger partial charge in [0.05, 0.1) is 6.10 Å². The highest BCUT2D eigenvalue weighted by molar-refractivity contribution is 5.80. The lowest BCUT2D eigenvalue weighted by atomic mass is 9.44. The largest absolute Gasteiger partial charge is 0.393 e. The van der Waals surface area contributed by atoms with Crippen molar-refractivity contribution in [1.29, 1.82) is 0 Å². The number of Topliss-reactive ketones (excluding diaryl/α,β-unsaturated/α-hetero) is 2. The average molecular weight is 417 g/mol. The second-order valence-corrected chi connectivity index (χ2v) is 12.4. The summed E-state index contributed by atoms with van der Waals surface area (Å²) in [6.07, 6.45) is 9.78. The summed E-state index contributed by atoms with van der Waals surface area (Å²) in [5, 5.41) is 11.3. The van der Waals surface area contributed by atoms with Crippen LogP contribution in [0.1, 0.15) is 98.8 Å². The molecular weight excluding hydrogens is 372 g/mol. The van der Waals surface area contributed by atoms with Crippen LogP contribution in [-0.2, 0) is 9.59 Å². The van der Waals surface area contributed by atoms with Crippen LogP contribution in [-0.4, -0.2) is 22.8 Å². The van der Waals surface area contributed by atoms with Gasteiger partial charge in [0, 0.05) is 25.2 Å². The van der Waals surface area contributed by atoms with E-state index in [4.69, 9.17) is 0 Å². The summed E-state index contributed by atoms with van der Waals surface area (Å²) >= 11 is 0. The zero-order valence-electron chi connectivity index (χ0n) is 20.0. The Hall–Kier alpha value is -0.700. The third kappa shape index (κ3) is 3.51. The Kier molecular flexibility index (Phi) is 6.01. The van der Waals surface area contributed by atoms with Crippen molar-refractivity contribution >= 4 is 11.6 Å². The number of aliphatic hydroxyl groups excluding tert-OH is 1. The van der Waals surface area contributed by atoms with Crippen molar-refractivity contribution in [2.24, 2.45) is 52.3 Å². The molecule has 3 heteroatoms. The molecule has 4 saturated carbocycles. The van der Waals surface area contributed by atoms with Gasteiger partial charge in [-0.15, -0.1) is 0 Å². The lowest BCUT2D eigenvalue weighted by Crippen LogP contribution is -2.58. The monoisotopic (exact) mass is 416 g/mol. The molecule has 1 N–H and O–H groups in total. The van der Waals surface area contributed by atoms with E-state index in [2.05, 4.69) is 20.8 Å². The molecule has 30 heavy (non-hydrogen) atoms. The van der Waals surface area contributed by atoms with Crippen LogP contribution < -0.4 is 0 Å². The SMILES string of the molecule is CC(C)C(=O)CC[C@@H](C)[C@H]1CC[C@H]2[C@@H]3C(O)C[C@@H]4CC(=O)CC[C@]4(C)[C@H]3CC[C@]12C. The van der Waals surface area contributed by atoms with Crippen molar-refractivity contribution in [3.05, 3.63) is 0 Å². The van der Waals surface area contributed by atoms with Gasteiger partial charge in [0.25, 0.3) is 0 Å². The molecule has 4 fully saturated rings. The van der Waals surface area contributed by atoms with E-state index in [-0.39, 0.29) is 17.4 Å². The maximum absolute atomic E-state index is 12.2. The van der Waals surface area contributed by atoms with Crippen LogP contribution in [0, 0.1) is 52.3 Å². The highest BCUT2D eigenvalue weighted by Gasteiger charge is 2.62. The highest BCUT2D eigenvalue weighted by Crippen LogP contribution is 2.68. The summed E-state index contributed by atoms with van der Waals surface area (Å²) in [6, 6.07) is 0. The van der Waals surface area contributed by atoms with Gasteiger partial charge < -0.3 is 5.11 Å². The second kappa shape index (κ2) is 8.01. The van der Waals surface area contributed by atoms with Gasteiger partial charge in [-0.05, 0) is 91.3 Å². The standard InChI is InChI=1S/C27H44O3/c1-16(2)23(29)9-6-17(3)20-7-8-21-25-22(11-13-27(20,21)5)26(4)12-10-19(28)14-18(26)15-24(25)30/h16-18,20-22,24-25,30H,6-15H2,1-5H3/t17-,18+,20-,21+,22+,24?,25+,26+,27-/m1/s1. The molecule has 4 rings (SSSR count). The highest BCUT2D eigenvalue weighted by atomic mass is 16.3. The van der Waals surface area contributed by atoms with Gasteiger partial charge >= 0.3 is 0 Å². The lowest BCUT2D eigenvalue weighted by Gasteiger charge is -2.62. The van der Waals surface area contributed by atoms with E-state index in [1.165, 1.54) is 25.7 Å². The van der Waals surface area contributed by atoms with E-state index in [0.717, 1.165) is 32.1 Å². The Morgan fingerprint density at radius 3 is 2.47 bits per heavy atom. The van der Waals surface area contributed by atoms with Gasteiger partial charge in [0.2, 0.25) is 0 Å². The third-order valence-corrected chi connectivity index (χ3v) is 10.7. The molecule has 0 heterocycles. The first-order valence-electron chi connectivity index (χ1n) is 12.8. The van der Waals surface area contributed by atoms with Gasteiger partial charge in [-0.25, -0.2) is 0 Å². The van der Waals surface area contributed by atoms with Crippen molar-refractivity contribution in [1.82, 2.24) is 0 Å². The van der Waals surface area contributed by atoms with Gasteiger partial charge in [-0.2, -0.15) is 0 Å². The molecule has 4 aliphatic carbocycles. The fourth-order valence-electron chi connectivity index (χ4n) is 8.85. The van der Waals surface area contributed by atoms with Crippen LogP contribution in [0.4, 0.5) is 0 Å².